The molecule has 1 aromatic rings. The van der Waals surface area contributed by atoms with E-state index in [0.29, 0.717) is 24.8 Å². The fourth-order valence-electron chi connectivity index (χ4n) is 2.25. The molecule has 0 amide bonds. The molecule has 1 fully saturated rings. The Bertz CT molecular complexity index is 486. The average Bonchev–Trinajstić information content (AvgIpc) is 3.14. The third-order valence-corrected chi connectivity index (χ3v) is 5.36. The molecule has 0 aliphatic heterocycles. The molecule has 118 valence electrons. The largest absolute Gasteiger partial charge is 0.462 e. The average molecular weight is 309 g/mol. The van der Waals surface area contributed by atoms with Gasteiger partial charge in [0.05, 0.1) is 12.2 Å². The Morgan fingerprint density at radius 3 is 2.62 bits per heavy atom. The Labute approximate surface area is 128 Å². The van der Waals surface area contributed by atoms with Gasteiger partial charge in [-0.15, -0.1) is 0 Å². The van der Waals surface area contributed by atoms with Gasteiger partial charge in [0, 0.05) is 27.1 Å². The standard InChI is InChI=1S/C16H27NO3Si/c1-5-20-16(18)15-11-17(10-14(15)13-6-7-13)12-19-8-9-21(2,3)4/h10-11,13H,5-9,12H2,1-4H3. The number of rotatable bonds is 8. The predicted molar refractivity (Wildman–Crippen MR) is 86.5 cm³/mol. The first-order chi connectivity index (χ1) is 9.90. The fraction of sp³-hybridized carbons (Fsp3) is 0.688. The van der Waals surface area contributed by atoms with Gasteiger partial charge in [0.25, 0.3) is 0 Å². The van der Waals surface area contributed by atoms with E-state index in [1.165, 1.54) is 12.8 Å². The fourth-order valence-corrected chi connectivity index (χ4v) is 3.00. The molecule has 0 unspecified atom stereocenters. The monoisotopic (exact) mass is 309 g/mol. The van der Waals surface area contributed by atoms with E-state index >= 15 is 0 Å². The molecule has 0 aromatic carbocycles. The number of ether oxygens (including phenoxy) is 2. The highest BCUT2D eigenvalue weighted by molar-refractivity contribution is 6.76. The maximum atomic E-state index is 12.0. The van der Waals surface area contributed by atoms with E-state index in [1.807, 2.05) is 17.7 Å². The van der Waals surface area contributed by atoms with Crippen LogP contribution in [-0.2, 0) is 16.2 Å². The van der Waals surface area contributed by atoms with E-state index in [4.69, 9.17) is 9.47 Å². The molecule has 1 aliphatic rings. The van der Waals surface area contributed by atoms with Gasteiger partial charge in [-0.3, -0.25) is 0 Å². The van der Waals surface area contributed by atoms with Crippen molar-refractivity contribution in [2.75, 3.05) is 13.2 Å². The van der Waals surface area contributed by atoms with Crippen LogP contribution in [0.5, 0.6) is 0 Å². The maximum Gasteiger partial charge on any atom is 0.339 e. The minimum Gasteiger partial charge on any atom is -0.462 e. The molecule has 1 saturated carbocycles. The molecule has 0 atom stereocenters. The number of nitrogens with zero attached hydrogens (tertiary/aromatic N) is 1. The van der Waals surface area contributed by atoms with Crippen molar-refractivity contribution in [1.82, 2.24) is 4.57 Å². The first kappa shape index (κ1) is 16.3. The molecule has 0 bridgehead atoms. The lowest BCUT2D eigenvalue weighted by Gasteiger charge is -2.15. The number of carbonyl (C=O) groups is 1. The topological polar surface area (TPSA) is 40.5 Å². The van der Waals surface area contributed by atoms with Gasteiger partial charge in [-0.2, -0.15) is 0 Å². The molecular formula is C16H27NO3Si. The van der Waals surface area contributed by atoms with Crippen molar-refractivity contribution in [3.63, 3.8) is 0 Å². The van der Waals surface area contributed by atoms with Crippen LogP contribution in [-0.4, -0.2) is 31.8 Å². The van der Waals surface area contributed by atoms with Crippen molar-refractivity contribution in [2.45, 2.75) is 58.1 Å². The van der Waals surface area contributed by atoms with Crippen LogP contribution in [0.3, 0.4) is 0 Å². The summed E-state index contributed by atoms with van der Waals surface area (Å²) in [6, 6.07) is 1.16. The zero-order valence-electron chi connectivity index (χ0n) is 13.6. The molecule has 21 heavy (non-hydrogen) atoms. The van der Waals surface area contributed by atoms with Crippen molar-refractivity contribution in [1.29, 1.82) is 0 Å². The van der Waals surface area contributed by atoms with Crippen LogP contribution in [0.25, 0.3) is 0 Å². The molecule has 0 spiro atoms. The lowest BCUT2D eigenvalue weighted by molar-refractivity contribution is 0.0524. The second kappa shape index (κ2) is 6.79. The number of carbonyl (C=O) groups excluding carboxylic acids is 1. The summed E-state index contributed by atoms with van der Waals surface area (Å²) in [4.78, 5) is 12.0. The van der Waals surface area contributed by atoms with Crippen LogP contribution in [0.4, 0.5) is 0 Å². The van der Waals surface area contributed by atoms with Crippen LogP contribution in [0.1, 0.15) is 41.6 Å². The highest BCUT2D eigenvalue weighted by atomic mass is 28.3. The van der Waals surface area contributed by atoms with Crippen LogP contribution >= 0.6 is 0 Å². The molecule has 0 radical (unpaired) electrons. The van der Waals surface area contributed by atoms with Gasteiger partial charge in [0.1, 0.15) is 6.73 Å². The van der Waals surface area contributed by atoms with Gasteiger partial charge in [0.15, 0.2) is 0 Å². The predicted octanol–water partition coefficient (Wildman–Crippen LogP) is 3.85. The SMILES string of the molecule is CCOC(=O)c1cn(COCC[Si](C)(C)C)cc1C1CC1. The quantitative estimate of drug-likeness (QED) is 0.416. The number of hydrogen-bond donors (Lipinski definition) is 0. The van der Waals surface area contributed by atoms with Crippen LogP contribution in [0, 0.1) is 0 Å². The van der Waals surface area contributed by atoms with Gasteiger partial charge < -0.3 is 14.0 Å². The summed E-state index contributed by atoms with van der Waals surface area (Å²) in [5.74, 6) is 0.327. The van der Waals surface area contributed by atoms with Crippen molar-refractivity contribution < 1.29 is 14.3 Å². The second-order valence-corrected chi connectivity index (χ2v) is 12.6. The zero-order chi connectivity index (χ0) is 15.5. The van der Waals surface area contributed by atoms with Crippen LogP contribution in [0.15, 0.2) is 12.4 Å². The summed E-state index contributed by atoms with van der Waals surface area (Å²) in [7, 11) is -1.05. The molecule has 0 saturated heterocycles. The summed E-state index contributed by atoms with van der Waals surface area (Å²) >= 11 is 0. The van der Waals surface area contributed by atoms with E-state index < -0.39 is 8.07 Å². The van der Waals surface area contributed by atoms with Gasteiger partial charge in [0.2, 0.25) is 0 Å². The molecule has 0 N–H and O–H groups in total. The summed E-state index contributed by atoms with van der Waals surface area (Å²) in [5.41, 5.74) is 1.84. The summed E-state index contributed by atoms with van der Waals surface area (Å²) in [6.45, 7) is 10.6. The van der Waals surface area contributed by atoms with Gasteiger partial charge in [-0.1, -0.05) is 19.6 Å². The lowest BCUT2D eigenvalue weighted by atomic mass is 10.1. The van der Waals surface area contributed by atoms with E-state index in [2.05, 4.69) is 25.8 Å². The molecule has 4 nitrogen and oxygen atoms in total. The van der Waals surface area contributed by atoms with Gasteiger partial charge in [-0.25, -0.2) is 4.79 Å². The van der Waals surface area contributed by atoms with Crippen LogP contribution < -0.4 is 0 Å². The first-order valence-electron chi connectivity index (χ1n) is 7.85. The van der Waals surface area contributed by atoms with Gasteiger partial charge >= 0.3 is 5.97 Å². The lowest BCUT2D eigenvalue weighted by Crippen LogP contribution is -2.21. The first-order valence-corrected chi connectivity index (χ1v) is 11.6. The van der Waals surface area contributed by atoms with E-state index in [9.17, 15) is 4.79 Å². The third kappa shape index (κ3) is 5.00. The minimum absolute atomic E-state index is 0.208. The Balaban J connectivity index is 1.94. The zero-order valence-corrected chi connectivity index (χ0v) is 14.6. The Morgan fingerprint density at radius 2 is 2.05 bits per heavy atom. The number of hydrogen-bond acceptors (Lipinski definition) is 3. The molecular weight excluding hydrogens is 282 g/mol. The second-order valence-electron chi connectivity index (χ2n) is 6.98. The Morgan fingerprint density at radius 1 is 1.33 bits per heavy atom. The van der Waals surface area contributed by atoms with Crippen molar-refractivity contribution in [3.8, 4) is 0 Å². The summed E-state index contributed by atoms with van der Waals surface area (Å²) in [6.07, 6.45) is 6.28. The van der Waals surface area contributed by atoms with Crippen molar-refractivity contribution in [3.05, 3.63) is 23.5 Å². The highest BCUT2D eigenvalue weighted by Crippen LogP contribution is 2.42. The van der Waals surface area contributed by atoms with E-state index in [-0.39, 0.29) is 5.97 Å². The van der Waals surface area contributed by atoms with E-state index in [0.717, 1.165) is 18.2 Å². The normalized spacial score (nSPS) is 15.2. The Kier molecular flexibility index (Phi) is 5.27. The Hall–Kier alpha value is -1.07. The molecule has 5 heteroatoms. The molecule has 1 heterocycles. The third-order valence-electron chi connectivity index (χ3n) is 3.66. The van der Waals surface area contributed by atoms with Gasteiger partial charge in [-0.05, 0) is 37.3 Å². The smallest absolute Gasteiger partial charge is 0.339 e. The van der Waals surface area contributed by atoms with Crippen molar-refractivity contribution >= 4 is 14.0 Å². The number of esters is 1. The van der Waals surface area contributed by atoms with Crippen molar-refractivity contribution in [2.24, 2.45) is 0 Å². The van der Waals surface area contributed by atoms with Crippen LogP contribution in [0.2, 0.25) is 25.7 Å². The molecule has 2 rings (SSSR count). The maximum absolute atomic E-state index is 12.0. The van der Waals surface area contributed by atoms with E-state index in [1.54, 1.807) is 0 Å². The summed E-state index contributed by atoms with van der Waals surface area (Å²) < 4.78 is 12.9. The molecule has 1 aromatic heterocycles. The highest BCUT2D eigenvalue weighted by Gasteiger charge is 2.30. The summed E-state index contributed by atoms with van der Waals surface area (Å²) in [5, 5.41) is 0. The minimum atomic E-state index is -1.05. The molecule has 1 aliphatic carbocycles. The number of aromatic nitrogens is 1.